The lowest BCUT2D eigenvalue weighted by atomic mass is 10.1. The molecule has 0 amide bonds. The summed E-state index contributed by atoms with van der Waals surface area (Å²) >= 11 is 1.88. The van der Waals surface area contributed by atoms with Crippen LogP contribution in [0.1, 0.15) is 24.1 Å². The van der Waals surface area contributed by atoms with Crippen LogP contribution >= 0.6 is 11.3 Å². The van der Waals surface area contributed by atoms with Crippen LogP contribution in [-0.2, 0) is 0 Å². The minimum Gasteiger partial charge on any atom is -0.378 e. The van der Waals surface area contributed by atoms with Gasteiger partial charge in [-0.05, 0) is 48.7 Å². The minimum atomic E-state index is 0.556. The van der Waals surface area contributed by atoms with Crippen LogP contribution in [-0.4, -0.2) is 20.6 Å². The highest BCUT2D eigenvalue weighted by Gasteiger charge is 2.09. The third-order valence-electron chi connectivity index (χ3n) is 3.36. The molecule has 3 heteroatoms. The van der Waals surface area contributed by atoms with Gasteiger partial charge >= 0.3 is 0 Å². The molecule has 2 N–H and O–H groups in total. The summed E-state index contributed by atoms with van der Waals surface area (Å²) in [5, 5.41) is 0. The number of benzene rings is 1. The van der Waals surface area contributed by atoms with E-state index < -0.39 is 0 Å². The van der Waals surface area contributed by atoms with Crippen molar-refractivity contribution in [1.82, 2.24) is 0 Å². The first-order valence-corrected chi connectivity index (χ1v) is 7.51. The zero-order chi connectivity index (χ0) is 13.8. The first-order valence-electron chi connectivity index (χ1n) is 6.69. The van der Waals surface area contributed by atoms with E-state index in [1.165, 1.54) is 21.0 Å². The molecule has 2 rings (SSSR count). The fraction of sp³-hybridized carbons (Fsp3) is 0.375. The maximum absolute atomic E-state index is 5.64. The number of anilines is 1. The van der Waals surface area contributed by atoms with E-state index in [1.54, 1.807) is 0 Å². The highest BCUT2D eigenvalue weighted by atomic mass is 32.1. The Labute approximate surface area is 119 Å². The van der Waals surface area contributed by atoms with Crippen molar-refractivity contribution in [2.45, 2.75) is 19.3 Å². The molecule has 1 heterocycles. The van der Waals surface area contributed by atoms with Crippen LogP contribution in [0.4, 0.5) is 5.69 Å². The summed E-state index contributed by atoms with van der Waals surface area (Å²) < 4.78 is 0. The Kier molecular flexibility index (Phi) is 4.61. The number of thiophene rings is 1. The molecule has 0 fully saturated rings. The van der Waals surface area contributed by atoms with E-state index in [0.29, 0.717) is 5.92 Å². The van der Waals surface area contributed by atoms with Crippen LogP contribution in [0.5, 0.6) is 0 Å². The first kappa shape index (κ1) is 14.1. The molecule has 102 valence electrons. The smallest absolute Gasteiger partial charge is 0.0367 e. The van der Waals surface area contributed by atoms with Gasteiger partial charge in [0.05, 0.1) is 0 Å². The van der Waals surface area contributed by atoms with Gasteiger partial charge in [-0.2, -0.15) is 0 Å². The standard InChI is InChI=1S/C16H22N2S/c1-12(9-10-17)15-7-8-16(19-15)13-5-4-6-14(11-13)18(2)3/h4-8,11-12H,9-10,17H2,1-3H3. The summed E-state index contributed by atoms with van der Waals surface area (Å²) in [5.74, 6) is 0.556. The third kappa shape index (κ3) is 3.37. The largest absolute Gasteiger partial charge is 0.378 e. The van der Waals surface area contributed by atoms with E-state index >= 15 is 0 Å². The summed E-state index contributed by atoms with van der Waals surface area (Å²) in [5.41, 5.74) is 8.17. The Hall–Kier alpha value is -1.32. The summed E-state index contributed by atoms with van der Waals surface area (Å²) in [4.78, 5) is 4.90. The lowest BCUT2D eigenvalue weighted by molar-refractivity contribution is 0.701. The third-order valence-corrected chi connectivity index (χ3v) is 4.73. The second kappa shape index (κ2) is 6.22. The molecule has 1 unspecified atom stereocenters. The van der Waals surface area contributed by atoms with Gasteiger partial charge in [-0.15, -0.1) is 11.3 Å². The van der Waals surface area contributed by atoms with Crippen molar-refractivity contribution >= 4 is 17.0 Å². The number of nitrogens with two attached hydrogens (primary N) is 1. The Morgan fingerprint density at radius 2 is 2.00 bits per heavy atom. The van der Waals surface area contributed by atoms with Crippen LogP contribution in [0.25, 0.3) is 10.4 Å². The molecule has 2 nitrogen and oxygen atoms in total. The maximum Gasteiger partial charge on any atom is 0.0367 e. The van der Waals surface area contributed by atoms with Gasteiger partial charge < -0.3 is 10.6 Å². The molecule has 0 saturated carbocycles. The van der Waals surface area contributed by atoms with Crippen molar-refractivity contribution in [2.75, 3.05) is 25.5 Å². The molecule has 0 radical (unpaired) electrons. The fourth-order valence-corrected chi connectivity index (χ4v) is 3.19. The second-order valence-corrected chi connectivity index (χ2v) is 6.24. The average molecular weight is 274 g/mol. The molecule has 19 heavy (non-hydrogen) atoms. The molecule has 0 bridgehead atoms. The quantitative estimate of drug-likeness (QED) is 0.895. The average Bonchev–Trinajstić information content (AvgIpc) is 2.89. The van der Waals surface area contributed by atoms with Gasteiger partial charge in [0, 0.05) is 29.5 Å². The summed E-state index contributed by atoms with van der Waals surface area (Å²) in [6.07, 6.45) is 1.05. The van der Waals surface area contributed by atoms with Gasteiger partial charge in [0.1, 0.15) is 0 Å². The molecule has 0 spiro atoms. The Morgan fingerprint density at radius 1 is 1.21 bits per heavy atom. The lowest BCUT2D eigenvalue weighted by Gasteiger charge is -2.13. The maximum atomic E-state index is 5.64. The van der Waals surface area contributed by atoms with Crippen molar-refractivity contribution < 1.29 is 0 Å². The molecule has 1 aromatic carbocycles. The predicted molar refractivity (Wildman–Crippen MR) is 86.2 cm³/mol. The Balaban J connectivity index is 2.25. The lowest BCUT2D eigenvalue weighted by Crippen LogP contribution is -2.08. The summed E-state index contributed by atoms with van der Waals surface area (Å²) in [6.45, 7) is 3.00. The van der Waals surface area contributed by atoms with E-state index in [1.807, 2.05) is 11.3 Å². The number of rotatable bonds is 5. The highest BCUT2D eigenvalue weighted by molar-refractivity contribution is 7.15. The van der Waals surface area contributed by atoms with Crippen molar-refractivity contribution in [2.24, 2.45) is 5.73 Å². The Morgan fingerprint density at radius 3 is 2.68 bits per heavy atom. The van der Waals surface area contributed by atoms with Crippen LogP contribution in [0.2, 0.25) is 0 Å². The van der Waals surface area contributed by atoms with Crippen molar-refractivity contribution in [3.05, 3.63) is 41.3 Å². The van der Waals surface area contributed by atoms with Gasteiger partial charge in [-0.25, -0.2) is 0 Å². The van der Waals surface area contributed by atoms with Crippen molar-refractivity contribution in [3.8, 4) is 10.4 Å². The highest BCUT2D eigenvalue weighted by Crippen LogP contribution is 2.34. The van der Waals surface area contributed by atoms with Gasteiger partial charge in [0.25, 0.3) is 0 Å². The molecular weight excluding hydrogens is 252 g/mol. The normalized spacial score (nSPS) is 12.4. The van der Waals surface area contributed by atoms with Gasteiger partial charge in [-0.3, -0.25) is 0 Å². The van der Waals surface area contributed by atoms with Crippen LogP contribution in [0.3, 0.4) is 0 Å². The van der Waals surface area contributed by atoms with Gasteiger partial charge in [0.2, 0.25) is 0 Å². The van der Waals surface area contributed by atoms with E-state index in [0.717, 1.165) is 13.0 Å². The number of hydrogen-bond donors (Lipinski definition) is 1. The van der Waals surface area contributed by atoms with E-state index in [9.17, 15) is 0 Å². The van der Waals surface area contributed by atoms with E-state index in [-0.39, 0.29) is 0 Å². The molecule has 0 aliphatic carbocycles. The first-order chi connectivity index (χ1) is 9.11. The summed E-state index contributed by atoms with van der Waals surface area (Å²) in [6, 6.07) is 13.1. The monoisotopic (exact) mass is 274 g/mol. The SMILES string of the molecule is CC(CCN)c1ccc(-c2cccc(N(C)C)c2)s1. The van der Waals surface area contributed by atoms with E-state index in [2.05, 4.69) is 62.3 Å². The van der Waals surface area contributed by atoms with Crippen molar-refractivity contribution in [3.63, 3.8) is 0 Å². The molecule has 1 atom stereocenters. The zero-order valence-corrected chi connectivity index (χ0v) is 12.7. The topological polar surface area (TPSA) is 29.3 Å². The minimum absolute atomic E-state index is 0.556. The molecule has 0 aliphatic rings. The predicted octanol–water partition coefficient (Wildman–Crippen LogP) is 3.93. The zero-order valence-electron chi connectivity index (χ0n) is 11.9. The van der Waals surface area contributed by atoms with Crippen LogP contribution in [0, 0.1) is 0 Å². The summed E-state index contributed by atoms with van der Waals surface area (Å²) in [7, 11) is 4.14. The van der Waals surface area contributed by atoms with Crippen molar-refractivity contribution in [1.29, 1.82) is 0 Å². The Bertz CT molecular complexity index is 531. The second-order valence-electron chi connectivity index (χ2n) is 5.13. The molecular formula is C16H22N2S. The van der Waals surface area contributed by atoms with Crippen LogP contribution < -0.4 is 10.6 Å². The van der Waals surface area contributed by atoms with Crippen LogP contribution in [0.15, 0.2) is 36.4 Å². The molecule has 2 aromatic rings. The van der Waals surface area contributed by atoms with E-state index in [4.69, 9.17) is 5.73 Å². The van der Waals surface area contributed by atoms with Gasteiger partial charge in [0.15, 0.2) is 0 Å². The molecule has 1 aromatic heterocycles. The number of hydrogen-bond acceptors (Lipinski definition) is 3. The van der Waals surface area contributed by atoms with Gasteiger partial charge in [-0.1, -0.05) is 19.1 Å². The molecule has 0 aliphatic heterocycles. The fourth-order valence-electron chi connectivity index (χ4n) is 2.10. The molecule has 0 saturated heterocycles. The number of nitrogens with zero attached hydrogens (tertiary/aromatic N) is 1.